The molecule has 0 aliphatic rings. The zero-order valence-corrected chi connectivity index (χ0v) is 9.77. The fourth-order valence-corrected chi connectivity index (χ4v) is 1.59. The summed E-state index contributed by atoms with van der Waals surface area (Å²) in [5.74, 6) is -1.44. The molecule has 0 spiro atoms. The Morgan fingerprint density at radius 1 is 1.61 bits per heavy atom. The summed E-state index contributed by atoms with van der Waals surface area (Å²) in [6, 6.07) is 5.78. The number of nitriles is 1. The van der Waals surface area contributed by atoms with Crippen molar-refractivity contribution in [1.29, 1.82) is 5.26 Å². The Balaban J connectivity index is 2.89. The van der Waals surface area contributed by atoms with Gasteiger partial charge >= 0.3 is 5.97 Å². The minimum absolute atomic E-state index is 0.158. The number of carbonyl (C=O) groups is 1. The molecule has 94 valence electrons. The van der Waals surface area contributed by atoms with Crippen LogP contribution >= 0.6 is 0 Å². The lowest BCUT2D eigenvalue weighted by Gasteiger charge is -2.18. The number of carboxylic acids is 1. The van der Waals surface area contributed by atoms with Crippen molar-refractivity contribution < 1.29 is 14.3 Å². The van der Waals surface area contributed by atoms with E-state index in [-0.39, 0.29) is 18.7 Å². The second kappa shape index (κ2) is 6.52. The maximum atomic E-state index is 13.0. The summed E-state index contributed by atoms with van der Waals surface area (Å²) in [6.45, 7) is 4.04. The first-order valence-corrected chi connectivity index (χ1v) is 5.30. The number of rotatable bonds is 6. The van der Waals surface area contributed by atoms with Crippen molar-refractivity contribution in [2.45, 2.75) is 6.54 Å². The minimum atomic E-state index is -0.961. The molecule has 18 heavy (non-hydrogen) atoms. The molecule has 4 nitrogen and oxygen atoms in total. The molecule has 1 aromatic carbocycles. The topological polar surface area (TPSA) is 64.3 Å². The van der Waals surface area contributed by atoms with Gasteiger partial charge in [-0.3, -0.25) is 9.69 Å². The molecule has 0 aliphatic carbocycles. The largest absolute Gasteiger partial charge is 0.480 e. The van der Waals surface area contributed by atoms with Gasteiger partial charge in [0.05, 0.1) is 18.2 Å². The van der Waals surface area contributed by atoms with Crippen LogP contribution in [-0.4, -0.2) is 29.1 Å². The van der Waals surface area contributed by atoms with Crippen molar-refractivity contribution in [3.63, 3.8) is 0 Å². The van der Waals surface area contributed by atoms with E-state index in [1.54, 1.807) is 11.0 Å². The van der Waals surface area contributed by atoms with E-state index in [0.29, 0.717) is 12.1 Å². The van der Waals surface area contributed by atoms with Gasteiger partial charge in [-0.25, -0.2) is 4.39 Å². The van der Waals surface area contributed by atoms with Crippen LogP contribution in [0.3, 0.4) is 0 Å². The summed E-state index contributed by atoms with van der Waals surface area (Å²) in [4.78, 5) is 12.3. The predicted octanol–water partition coefficient (Wildman–Crippen LogP) is 1.77. The molecule has 0 amide bonds. The average molecular weight is 248 g/mol. The van der Waals surface area contributed by atoms with Gasteiger partial charge < -0.3 is 5.11 Å². The standard InChI is InChI=1S/C13H13FN2O2/c1-2-5-16(9-13(17)18)8-10-3-4-12(14)6-11(10)7-15/h2-4,6H,1,5,8-9H2,(H,17,18). The maximum absolute atomic E-state index is 13.0. The third-order valence-corrected chi connectivity index (χ3v) is 2.33. The Bertz CT molecular complexity index is 494. The molecule has 0 saturated heterocycles. The first-order chi connectivity index (χ1) is 8.56. The fraction of sp³-hybridized carbons (Fsp3) is 0.231. The van der Waals surface area contributed by atoms with Gasteiger partial charge in [0.1, 0.15) is 5.82 Å². The highest BCUT2D eigenvalue weighted by molar-refractivity contribution is 5.69. The summed E-state index contributed by atoms with van der Waals surface area (Å²) in [7, 11) is 0. The van der Waals surface area contributed by atoms with Crippen LogP contribution in [0.2, 0.25) is 0 Å². The van der Waals surface area contributed by atoms with Crippen LogP contribution in [0, 0.1) is 17.1 Å². The first-order valence-electron chi connectivity index (χ1n) is 5.30. The van der Waals surface area contributed by atoms with E-state index in [2.05, 4.69) is 6.58 Å². The van der Waals surface area contributed by atoms with Crippen LogP contribution in [0.4, 0.5) is 4.39 Å². The van der Waals surface area contributed by atoms with Gasteiger partial charge in [0.15, 0.2) is 0 Å². The molecule has 0 heterocycles. The van der Waals surface area contributed by atoms with Crippen molar-refractivity contribution in [1.82, 2.24) is 4.90 Å². The van der Waals surface area contributed by atoms with Crippen molar-refractivity contribution in [3.8, 4) is 6.07 Å². The zero-order chi connectivity index (χ0) is 13.5. The van der Waals surface area contributed by atoms with Gasteiger partial charge in [-0.2, -0.15) is 5.26 Å². The minimum Gasteiger partial charge on any atom is -0.480 e. The highest BCUT2D eigenvalue weighted by atomic mass is 19.1. The van der Waals surface area contributed by atoms with Gasteiger partial charge in [-0.05, 0) is 17.7 Å². The molecule has 0 bridgehead atoms. The summed E-state index contributed by atoms with van der Waals surface area (Å²) in [5.41, 5.74) is 0.816. The van der Waals surface area contributed by atoms with Crippen molar-refractivity contribution in [2.75, 3.05) is 13.1 Å². The molecular weight excluding hydrogens is 235 g/mol. The average Bonchev–Trinajstić information content (AvgIpc) is 2.31. The van der Waals surface area contributed by atoms with Crippen molar-refractivity contribution in [3.05, 3.63) is 47.8 Å². The summed E-state index contributed by atoms with van der Waals surface area (Å²) in [5, 5.41) is 17.7. The van der Waals surface area contributed by atoms with E-state index in [4.69, 9.17) is 10.4 Å². The van der Waals surface area contributed by atoms with Gasteiger partial charge in [-0.1, -0.05) is 12.1 Å². The van der Waals surface area contributed by atoms with E-state index in [1.807, 2.05) is 6.07 Å². The molecular formula is C13H13FN2O2. The summed E-state index contributed by atoms with van der Waals surface area (Å²) < 4.78 is 13.0. The molecule has 0 fully saturated rings. The Morgan fingerprint density at radius 3 is 2.89 bits per heavy atom. The van der Waals surface area contributed by atoms with E-state index < -0.39 is 11.8 Å². The molecule has 1 rings (SSSR count). The Kier molecular flexibility index (Phi) is 5.03. The van der Waals surface area contributed by atoms with Gasteiger partial charge in [0.25, 0.3) is 0 Å². The second-order valence-corrected chi connectivity index (χ2v) is 3.77. The number of aliphatic carboxylic acids is 1. The third kappa shape index (κ3) is 4.00. The molecule has 5 heteroatoms. The van der Waals surface area contributed by atoms with Crippen LogP contribution in [0.1, 0.15) is 11.1 Å². The zero-order valence-electron chi connectivity index (χ0n) is 9.77. The monoisotopic (exact) mass is 248 g/mol. The van der Waals surface area contributed by atoms with Crippen LogP contribution in [0.15, 0.2) is 30.9 Å². The van der Waals surface area contributed by atoms with E-state index >= 15 is 0 Å². The number of nitrogens with zero attached hydrogens (tertiary/aromatic N) is 2. The first kappa shape index (κ1) is 13.9. The van der Waals surface area contributed by atoms with Gasteiger partial charge in [0.2, 0.25) is 0 Å². The highest BCUT2D eigenvalue weighted by Crippen LogP contribution is 2.13. The van der Waals surface area contributed by atoms with Crippen molar-refractivity contribution >= 4 is 5.97 Å². The van der Waals surface area contributed by atoms with Crippen LogP contribution < -0.4 is 0 Å². The smallest absolute Gasteiger partial charge is 0.317 e. The third-order valence-electron chi connectivity index (χ3n) is 2.33. The fourth-order valence-electron chi connectivity index (χ4n) is 1.59. The molecule has 0 radical (unpaired) electrons. The van der Waals surface area contributed by atoms with E-state index in [0.717, 1.165) is 6.07 Å². The quantitative estimate of drug-likeness (QED) is 0.779. The number of halogens is 1. The Labute approximate surface area is 105 Å². The van der Waals surface area contributed by atoms with E-state index in [9.17, 15) is 9.18 Å². The van der Waals surface area contributed by atoms with Gasteiger partial charge in [0, 0.05) is 13.1 Å². The van der Waals surface area contributed by atoms with Crippen molar-refractivity contribution in [2.24, 2.45) is 0 Å². The maximum Gasteiger partial charge on any atom is 0.317 e. The SMILES string of the molecule is C=CCN(CC(=O)O)Cc1ccc(F)cc1C#N. The van der Waals surface area contributed by atoms with Crippen LogP contribution in [-0.2, 0) is 11.3 Å². The molecule has 0 unspecified atom stereocenters. The second-order valence-electron chi connectivity index (χ2n) is 3.77. The lowest BCUT2D eigenvalue weighted by molar-refractivity contribution is -0.138. The number of hydrogen-bond donors (Lipinski definition) is 1. The number of carboxylic acid groups (broad SMARTS) is 1. The van der Waals surface area contributed by atoms with Crippen LogP contribution in [0.25, 0.3) is 0 Å². The molecule has 1 aromatic rings. The normalized spacial score (nSPS) is 10.1. The molecule has 0 saturated carbocycles. The highest BCUT2D eigenvalue weighted by Gasteiger charge is 2.11. The molecule has 1 N–H and O–H groups in total. The van der Waals surface area contributed by atoms with E-state index in [1.165, 1.54) is 12.1 Å². The lowest BCUT2D eigenvalue weighted by Crippen LogP contribution is -2.29. The lowest BCUT2D eigenvalue weighted by atomic mass is 10.1. The molecule has 0 aliphatic heterocycles. The predicted molar refractivity (Wildman–Crippen MR) is 64.2 cm³/mol. The van der Waals surface area contributed by atoms with Crippen LogP contribution in [0.5, 0.6) is 0 Å². The Morgan fingerprint density at radius 2 is 2.33 bits per heavy atom. The summed E-state index contributed by atoms with van der Waals surface area (Å²) >= 11 is 0. The number of hydrogen-bond acceptors (Lipinski definition) is 3. The number of benzene rings is 1. The summed E-state index contributed by atoms with van der Waals surface area (Å²) in [6.07, 6.45) is 1.58. The van der Waals surface area contributed by atoms with Gasteiger partial charge in [-0.15, -0.1) is 6.58 Å². The Hall–Kier alpha value is -2.19. The molecule has 0 atom stereocenters. The molecule has 0 aromatic heterocycles.